The maximum atomic E-state index is 12.1. The lowest BCUT2D eigenvalue weighted by Gasteiger charge is -2.40. The molecule has 0 bridgehead atoms. The molecule has 1 saturated heterocycles. The fourth-order valence-corrected chi connectivity index (χ4v) is 1.80. The minimum absolute atomic E-state index is 0.129. The molecular formula is C11H14N2O3. The minimum Gasteiger partial charge on any atom is -0.472 e. The van der Waals surface area contributed by atoms with Gasteiger partial charge in [-0.05, 0) is 19.9 Å². The van der Waals surface area contributed by atoms with Crippen LogP contribution in [0.4, 0.5) is 0 Å². The monoisotopic (exact) mass is 222 g/mol. The van der Waals surface area contributed by atoms with Gasteiger partial charge in [-0.15, -0.1) is 0 Å². The van der Waals surface area contributed by atoms with Crippen molar-refractivity contribution < 1.29 is 14.0 Å². The summed E-state index contributed by atoms with van der Waals surface area (Å²) in [4.78, 5) is 25.3. The van der Waals surface area contributed by atoms with Crippen molar-refractivity contribution in [2.75, 3.05) is 13.1 Å². The summed E-state index contributed by atoms with van der Waals surface area (Å²) >= 11 is 0. The molecule has 0 aromatic carbocycles. The van der Waals surface area contributed by atoms with Crippen LogP contribution in [0.2, 0.25) is 0 Å². The van der Waals surface area contributed by atoms with Crippen molar-refractivity contribution in [3.63, 3.8) is 0 Å². The second kappa shape index (κ2) is 3.66. The average Bonchev–Trinajstić information content (AvgIpc) is 2.74. The third kappa shape index (κ3) is 1.58. The van der Waals surface area contributed by atoms with Gasteiger partial charge in [-0.2, -0.15) is 0 Å². The van der Waals surface area contributed by atoms with Gasteiger partial charge in [-0.25, -0.2) is 0 Å². The van der Waals surface area contributed by atoms with E-state index in [0.717, 1.165) is 0 Å². The first kappa shape index (κ1) is 10.7. The molecule has 0 saturated carbocycles. The lowest BCUT2D eigenvalue weighted by atomic mass is 9.98. The zero-order valence-electron chi connectivity index (χ0n) is 9.32. The molecule has 5 heteroatoms. The van der Waals surface area contributed by atoms with Gasteiger partial charge < -0.3 is 14.6 Å². The van der Waals surface area contributed by atoms with Crippen LogP contribution >= 0.6 is 0 Å². The van der Waals surface area contributed by atoms with Gasteiger partial charge in [0.05, 0.1) is 11.8 Å². The summed E-state index contributed by atoms with van der Waals surface area (Å²) in [6, 6.07) is 1.60. The Kier molecular flexibility index (Phi) is 2.46. The molecule has 0 atom stereocenters. The zero-order chi connectivity index (χ0) is 11.8. The standard InChI is InChI=1S/C11H14N2O3/c1-11(2)10(15)12-4-5-13(11)9(14)8-3-6-16-7-8/h3,6-7H,4-5H2,1-2H3,(H,12,15). The molecule has 0 aliphatic carbocycles. The predicted molar refractivity (Wildman–Crippen MR) is 56.8 cm³/mol. The van der Waals surface area contributed by atoms with Crippen LogP contribution in [0.15, 0.2) is 23.0 Å². The van der Waals surface area contributed by atoms with Crippen molar-refractivity contribution in [3.8, 4) is 0 Å². The molecule has 2 amide bonds. The van der Waals surface area contributed by atoms with E-state index in [4.69, 9.17) is 4.42 Å². The number of piperazine rings is 1. The van der Waals surface area contributed by atoms with Gasteiger partial charge in [-0.1, -0.05) is 0 Å². The molecule has 1 aromatic rings. The van der Waals surface area contributed by atoms with Gasteiger partial charge in [0, 0.05) is 13.1 Å². The van der Waals surface area contributed by atoms with E-state index in [1.165, 1.54) is 12.5 Å². The predicted octanol–water partition coefficient (Wildman–Crippen LogP) is 0.630. The summed E-state index contributed by atoms with van der Waals surface area (Å²) in [7, 11) is 0. The first-order valence-electron chi connectivity index (χ1n) is 5.16. The summed E-state index contributed by atoms with van der Waals surface area (Å²) < 4.78 is 4.87. The van der Waals surface area contributed by atoms with Crippen LogP contribution in [0.25, 0.3) is 0 Å². The Bertz CT molecular complexity index is 409. The van der Waals surface area contributed by atoms with E-state index < -0.39 is 5.54 Å². The van der Waals surface area contributed by atoms with E-state index in [1.807, 2.05) is 0 Å². The second-order valence-corrected chi connectivity index (χ2v) is 4.28. The molecule has 5 nitrogen and oxygen atoms in total. The number of hydrogen-bond donors (Lipinski definition) is 1. The highest BCUT2D eigenvalue weighted by Gasteiger charge is 2.40. The van der Waals surface area contributed by atoms with E-state index in [1.54, 1.807) is 24.8 Å². The lowest BCUT2D eigenvalue weighted by Crippen LogP contribution is -2.63. The Morgan fingerprint density at radius 3 is 2.94 bits per heavy atom. The van der Waals surface area contributed by atoms with Crippen LogP contribution in [-0.2, 0) is 4.79 Å². The highest BCUT2D eigenvalue weighted by molar-refractivity contribution is 5.99. The molecule has 0 spiro atoms. The first-order chi connectivity index (χ1) is 7.53. The van der Waals surface area contributed by atoms with Gasteiger partial charge in [-0.3, -0.25) is 9.59 Å². The maximum absolute atomic E-state index is 12.1. The molecular weight excluding hydrogens is 208 g/mol. The number of nitrogens with one attached hydrogen (secondary N) is 1. The Hall–Kier alpha value is -1.78. The highest BCUT2D eigenvalue weighted by atomic mass is 16.3. The van der Waals surface area contributed by atoms with Crippen molar-refractivity contribution >= 4 is 11.8 Å². The number of nitrogens with zero attached hydrogens (tertiary/aromatic N) is 1. The number of carbonyl (C=O) groups excluding carboxylic acids is 2. The first-order valence-corrected chi connectivity index (χ1v) is 5.16. The second-order valence-electron chi connectivity index (χ2n) is 4.28. The number of amides is 2. The van der Waals surface area contributed by atoms with Crippen LogP contribution in [0, 0.1) is 0 Å². The zero-order valence-corrected chi connectivity index (χ0v) is 9.32. The van der Waals surface area contributed by atoms with E-state index in [2.05, 4.69) is 5.32 Å². The van der Waals surface area contributed by atoms with E-state index in [0.29, 0.717) is 18.7 Å². The summed E-state index contributed by atoms with van der Waals surface area (Å²) in [5.74, 6) is -0.302. The molecule has 0 unspecified atom stereocenters. The summed E-state index contributed by atoms with van der Waals surface area (Å²) in [6.45, 7) is 4.48. The molecule has 2 rings (SSSR count). The molecule has 1 N–H and O–H groups in total. The van der Waals surface area contributed by atoms with Crippen molar-refractivity contribution in [1.29, 1.82) is 0 Å². The number of furan rings is 1. The highest BCUT2D eigenvalue weighted by Crippen LogP contribution is 2.20. The molecule has 1 aliphatic rings. The molecule has 1 aliphatic heterocycles. The SMILES string of the molecule is CC1(C)C(=O)NCCN1C(=O)c1ccoc1. The smallest absolute Gasteiger partial charge is 0.258 e. The molecule has 1 aromatic heterocycles. The fourth-order valence-electron chi connectivity index (χ4n) is 1.80. The van der Waals surface area contributed by atoms with Gasteiger partial charge in [0.2, 0.25) is 5.91 Å². The summed E-state index contributed by atoms with van der Waals surface area (Å²) in [5.41, 5.74) is -0.338. The molecule has 0 radical (unpaired) electrons. The minimum atomic E-state index is -0.813. The van der Waals surface area contributed by atoms with E-state index >= 15 is 0 Å². The van der Waals surface area contributed by atoms with Crippen molar-refractivity contribution in [2.24, 2.45) is 0 Å². The number of carbonyl (C=O) groups is 2. The Balaban J connectivity index is 2.26. The molecule has 16 heavy (non-hydrogen) atoms. The van der Waals surface area contributed by atoms with E-state index in [-0.39, 0.29) is 11.8 Å². The van der Waals surface area contributed by atoms with Crippen LogP contribution in [0.5, 0.6) is 0 Å². The van der Waals surface area contributed by atoms with E-state index in [9.17, 15) is 9.59 Å². The maximum Gasteiger partial charge on any atom is 0.258 e. The lowest BCUT2D eigenvalue weighted by molar-refractivity contribution is -0.133. The van der Waals surface area contributed by atoms with Crippen molar-refractivity contribution in [2.45, 2.75) is 19.4 Å². The topological polar surface area (TPSA) is 62.6 Å². The number of rotatable bonds is 1. The van der Waals surface area contributed by atoms with Crippen LogP contribution in [0.3, 0.4) is 0 Å². The van der Waals surface area contributed by atoms with Gasteiger partial charge in [0.15, 0.2) is 0 Å². The van der Waals surface area contributed by atoms with Crippen LogP contribution in [-0.4, -0.2) is 35.3 Å². The normalized spacial score (nSPS) is 19.4. The third-order valence-electron chi connectivity index (χ3n) is 2.86. The quantitative estimate of drug-likeness (QED) is 0.758. The largest absolute Gasteiger partial charge is 0.472 e. The fraction of sp³-hybridized carbons (Fsp3) is 0.455. The Morgan fingerprint density at radius 1 is 1.56 bits per heavy atom. The van der Waals surface area contributed by atoms with Crippen LogP contribution in [0.1, 0.15) is 24.2 Å². The summed E-state index contributed by atoms with van der Waals surface area (Å²) in [5, 5.41) is 2.75. The number of hydrogen-bond acceptors (Lipinski definition) is 3. The van der Waals surface area contributed by atoms with Crippen molar-refractivity contribution in [1.82, 2.24) is 10.2 Å². The Labute approximate surface area is 93.4 Å². The molecule has 86 valence electrons. The molecule has 2 heterocycles. The summed E-state index contributed by atoms with van der Waals surface area (Å²) in [6.07, 6.45) is 2.84. The van der Waals surface area contributed by atoms with Crippen molar-refractivity contribution in [3.05, 3.63) is 24.2 Å². The van der Waals surface area contributed by atoms with Gasteiger partial charge in [0.1, 0.15) is 11.8 Å². The Morgan fingerprint density at radius 2 is 2.31 bits per heavy atom. The van der Waals surface area contributed by atoms with Crippen LogP contribution < -0.4 is 5.32 Å². The van der Waals surface area contributed by atoms with Gasteiger partial charge in [0.25, 0.3) is 5.91 Å². The third-order valence-corrected chi connectivity index (χ3v) is 2.86. The van der Waals surface area contributed by atoms with Gasteiger partial charge >= 0.3 is 0 Å². The molecule has 1 fully saturated rings. The average molecular weight is 222 g/mol.